The van der Waals surface area contributed by atoms with Crippen LogP contribution in [0.25, 0.3) is 0 Å². The third-order valence-corrected chi connectivity index (χ3v) is 0.393. The van der Waals surface area contributed by atoms with Crippen molar-refractivity contribution < 1.29 is 19.7 Å². The lowest BCUT2D eigenvalue weighted by Gasteiger charge is -1.92. The van der Waals surface area contributed by atoms with Crippen LogP contribution in [0.1, 0.15) is 0 Å². The maximum Gasteiger partial charge on any atom is 0.336 e. The number of carbonyl (C=O) groups is 1. The molecular weight excluding hydrogens is 112 g/mol. The largest absolute Gasteiger partial charge is 0.479 e. The molecule has 0 aromatic rings. The molecule has 0 fully saturated rings. The minimum absolute atomic E-state index is 0.0340. The molecule has 0 aliphatic rings. The molecule has 0 saturated carbocycles. The lowest BCUT2D eigenvalue weighted by molar-refractivity contribution is -0.137. The Morgan fingerprint density at radius 2 is 2.38 bits per heavy atom. The molecule has 0 bridgehead atoms. The minimum Gasteiger partial charge on any atom is -0.479 e. The molecule has 0 amide bonds. The van der Waals surface area contributed by atoms with E-state index in [1.807, 2.05) is 0 Å². The van der Waals surface area contributed by atoms with Crippen molar-refractivity contribution in [3.63, 3.8) is 0 Å². The van der Waals surface area contributed by atoms with E-state index in [-0.39, 0.29) is 13.2 Å². The molecule has 0 saturated heterocycles. The van der Waals surface area contributed by atoms with Crippen LogP contribution in [0.15, 0.2) is 0 Å². The molecule has 4 heteroatoms. The predicted octanol–water partition coefficient (Wildman–Crippen LogP) is -0.758. The zero-order valence-electron chi connectivity index (χ0n) is 4.20. The van der Waals surface area contributed by atoms with Gasteiger partial charge < -0.3 is 14.9 Å². The summed E-state index contributed by atoms with van der Waals surface area (Å²) in [6.45, 7) is 0.506. The molecule has 0 unspecified atom stereocenters. The van der Waals surface area contributed by atoms with Gasteiger partial charge in [-0.15, -0.1) is 0 Å². The number of aliphatic hydroxyl groups is 1. The smallest absolute Gasteiger partial charge is 0.336 e. The molecule has 0 aliphatic carbocycles. The van der Waals surface area contributed by atoms with Crippen LogP contribution in [-0.2, 0) is 9.53 Å². The maximum absolute atomic E-state index is 9.61. The van der Waals surface area contributed by atoms with Gasteiger partial charge in [-0.1, -0.05) is 0 Å². The summed E-state index contributed by atoms with van der Waals surface area (Å²) in [5.41, 5.74) is 0. The van der Waals surface area contributed by atoms with Crippen LogP contribution in [0.4, 0.5) is 0 Å². The van der Waals surface area contributed by atoms with E-state index in [0.717, 1.165) is 0 Å². The van der Waals surface area contributed by atoms with E-state index >= 15 is 0 Å². The fourth-order valence-electron chi connectivity index (χ4n) is 0.183. The van der Waals surface area contributed by atoms with Crippen LogP contribution in [0.3, 0.4) is 0 Å². The highest BCUT2D eigenvalue weighted by molar-refractivity contribution is 5.74. The lowest BCUT2D eigenvalue weighted by Crippen LogP contribution is -2.03. The topological polar surface area (TPSA) is 66.8 Å². The number of aliphatic carboxylic acids is 1. The van der Waals surface area contributed by atoms with E-state index in [1.165, 1.54) is 0 Å². The van der Waals surface area contributed by atoms with Crippen LogP contribution in [0.2, 0.25) is 0 Å². The van der Waals surface area contributed by atoms with E-state index in [0.29, 0.717) is 6.61 Å². The summed E-state index contributed by atoms with van der Waals surface area (Å²) >= 11 is 0. The highest BCUT2D eigenvalue weighted by Gasteiger charge is 1.94. The Morgan fingerprint density at radius 3 is 2.75 bits per heavy atom. The molecule has 0 aromatic carbocycles. The van der Waals surface area contributed by atoms with Crippen molar-refractivity contribution in [3.8, 4) is 0 Å². The molecule has 0 heterocycles. The molecule has 0 aromatic heterocycles. The number of ether oxygens (including phenoxy) is 1. The van der Waals surface area contributed by atoms with Crippen LogP contribution < -0.4 is 0 Å². The molecule has 47 valence electrons. The zero-order valence-corrected chi connectivity index (χ0v) is 4.20. The molecule has 0 spiro atoms. The fourth-order valence-corrected chi connectivity index (χ4v) is 0.183. The first-order valence-corrected chi connectivity index (χ1v) is 2.06. The summed E-state index contributed by atoms with van der Waals surface area (Å²) in [6, 6.07) is 0. The first-order valence-electron chi connectivity index (χ1n) is 2.06. The van der Waals surface area contributed by atoms with Crippen LogP contribution in [0.5, 0.6) is 0 Å². The number of hydrogen-bond acceptors (Lipinski definition) is 3. The van der Waals surface area contributed by atoms with Crippen molar-refractivity contribution >= 4 is 5.97 Å². The second kappa shape index (κ2) is 4.55. The maximum atomic E-state index is 9.61. The quantitative estimate of drug-likeness (QED) is 0.477. The van der Waals surface area contributed by atoms with Crippen LogP contribution >= 0.6 is 0 Å². The standard InChI is InChI=1S/C4H7O4/c5-1-2-8-3-4(6)7/h3,5H,1-2H2,(H,6,7). The predicted molar refractivity (Wildman–Crippen MR) is 25.0 cm³/mol. The zero-order chi connectivity index (χ0) is 6.41. The van der Waals surface area contributed by atoms with Gasteiger partial charge in [0.25, 0.3) is 0 Å². The Kier molecular flexibility index (Phi) is 4.20. The van der Waals surface area contributed by atoms with Crippen molar-refractivity contribution in [2.45, 2.75) is 0 Å². The SMILES string of the molecule is O=C(O)[CH]OCCO. The Hall–Kier alpha value is -0.610. The first-order chi connectivity index (χ1) is 3.77. The molecular formula is C4H7O4. The van der Waals surface area contributed by atoms with E-state index in [1.54, 1.807) is 0 Å². The van der Waals surface area contributed by atoms with Gasteiger partial charge in [0, 0.05) is 0 Å². The van der Waals surface area contributed by atoms with Crippen molar-refractivity contribution in [2.24, 2.45) is 0 Å². The molecule has 0 aliphatic heterocycles. The van der Waals surface area contributed by atoms with Gasteiger partial charge >= 0.3 is 5.97 Å². The van der Waals surface area contributed by atoms with E-state index < -0.39 is 5.97 Å². The van der Waals surface area contributed by atoms with Gasteiger partial charge in [0.1, 0.15) is 0 Å². The first kappa shape index (κ1) is 7.39. The molecule has 2 N–H and O–H groups in total. The average molecular weight is 119 g/mol. The molecule has 0 atom stereocenters. The number of carboxylic acids is 1. The van der Waals surface area contributed by atoms with Gasteiger partial charge in [-0.05, 0) is 0 Å². The highest BCUT2D eigenvalue weighted by Crippen LogP contribution is 1.78. The third-order valence-electron chi connectivity index (χ3n) is 0.393. The van der Waals surface area contributed by atoms with Gasteiger partial charge in [0.15, 0.2) is 6.61 Å². The van der Waals surface area contributed by atoms with Crippen LogP contribution in [-0.4, -0.2) is 29.4 Å². The summed E-state index contributed by atoms with van der Waals surface area (Å²) in [4.78, 5) is 9.61. The third kappa shape index (κ3) is 5.39. The van der Waals surface area contributed by atoms with Crippen molar-refractivity contribution in [2.75, 3.05) is 13.2 Å². The Morgan fingerprint density at radius 1 is 1.75 bits per heavy atom. The number of carboxylic acid groups (broad SMARTS) is 1. The molecule has 8 heavy (non-hydrogen) atoms. The summed E-state index contributed by atoms with van der Waals surface area (Å²) in [5, 5.41) is 15.9. The molecule has 4 nitrogen and oxygen atoms in total. The number of rotatable bonds is 4. The van der Waals surface area contributed by atoms with E-state index in [9.17, 15) is 4.79 Å². The van der Waals surface area contributed by atoms with Gasteiger partial charge in [-0.3, -0.25) is 0 Å². The second-order valence-corrected chi connectivity index (χ2v) is 1.05. The van der Waals surface area contributed by atoms with Crippen LogP contribution in [0, 0.1) is 6.61 Å². The number of hydrogen-bond donors (Lipinski definition) is 2. The normalized spacial score (nSPS) is 9.12. The average Bonchev–Trinajstić information content (AvgIpc) is 1.66. The van der Waals surface area contributed by atoms with Crippen molar-refractivity contribution in [3.05, 3.63) is 6.61 Å². The summed E-state index contributed by atoms with van der Waals surface area (Å²) in [5.74, 6) is -1.14. The minimum atomic E-state index is -1.14. The molecule has 1 radical (unpaired) electrons. The second-order valence-electron chi connectivity index (χ2n) is 1.05. The summed E-state index contributed by atoms with van der Waals surface area (Å²) in [7, 11) is 0. The monoisotopic (exact) mass is 119 g/mol. The van der Waals surface area contributed by atoms with E-state index in [4.69, 9.17) is 10.2 Å². The van der Waals surface area contributed by atoms with Crippen molar-refractivity contribution in [1.82, 2.24) is 0 Å². The lowest BCUT2D eigenvalue weighted by atomic mass is 10.7. The van der Waals surface area contributed by atoms with E-state index in [2.05, 4.69) is 4.74 Å². The Labute approximate surface area is 46.7 Å². The van der Waals surface area contributed by atoms with Gasteiger partial charge in [0.2, 0.25) is 0 Å². The number of aliphatic hydroxyl groups excluding tert-OH is 1. The summed E-state index contributed by atoms with van der Waals surface area (Å²) < 4.78 is 4.27. The van der Waals surface area contributed by atoms with Crippen molar-refractivity contribution in [1.29, 1.82) is 0 Å². The Bertz CT molecular complexity index is 70.4. The van der Waals surface area contributed by atoms with Gasteiger partial charge in [0.05, 0.1) is 13.2 Å². The highest BCUT2D eigenvalue weighted by atomic mass is 16.5. The van der Waals surface area contributed by atoms with Gasteiger partial charge in [-0.2, -0.15) is 0 Å². The fraction of sp³-hybridized carbons (Fsp3) is 0.500. The molecule has 0 rings (SSSR count). The Balaban J connectivity index is 2.82. The van der Waals surface area contributed by atoms with Gasteiger partial charge in [-0.25, -0.2) is 4.79 Å². The summed E-state index contributed by atoms with van der Waals surface area (Å²) in [6.07, 6.45) is 0.